The van der Waals surface area contributed by atoms with E-state index >= 15 is 0 Å². The van der Waals surface area contributed by atoms with Crippen molar-refractivity contribution in [3.8, 4) is 0 Å². The number of aromatic nitrogens is 3. The van der Waals surface area contributed by atoms with Crippen LogP contribution in [0.15, 0.2) is 22.7 Å². The molecule has 0 aromatic carbocycles. The van der Waals surface area contributed by atoms with E-state index in [0.29, 0.717) is 23.8 Å². The van der Waals surface area contributed by atoms with E-state index in [1.807, 2.05) is 0 Å². The van der Waals surface area contributed by atoms with Crippen LogP contribution in [-0.2, 0) is 16.6 Å². The Kier molecular flexibility index (Phi) is 4.56. The monoisotopic (exact) mass is 320 g/mol. The van der Waals surface area contributed by atoms with Gasteiger partial charge >= 0.3 is 0 Å². The second-order valence-corrected chi connectivity index (χ2v) is 7.59. The number of halogens is 1. The zero-order valence-corrected chi connectivity index (χ0v) is 12.6. The summed E-state index contributed by atoms with van der Waals surface area (Å²) in [5.74, 6) is 0. The van der Waals surface area contributed by atoms with Gasteiger partial charge in [-0.25, -0.2) is 13.1 Å². The van der Waals surface area contributed by atoms with E-state index in [9.17, 15) is 8.42 Å². The molecule has 0 saturated heterocycles. The summed E-state index contributed by atoms with van der Waals surface area (Å²) in [6.45, 7) is 2.74. The van der Waals surface area contributed by atoms with Crippen LogP contribution in [-0.4, -0.2) is 30.0 Å². The number of aryl methyl sites for hydroxylation is 2. The van der Waals surface area contributed by atoms with Crippen LogP contribution >= 0.6 is 22.9 Å². The Bertz CT molecular complexity index is 617. The molecule has 6 nitrogen and oxygen atoms in total. The van der Waals surface area contributed by atoms with Crippen molar-refractivity contribution in [1.29, 1.82) is 0 Å². The summed E-state index contributed by atoms with van der Waals surface area (Å²) in [6.07, 6.45) is 3.96. The second kappa shape index (κ2) is 6.00. The fraction of sp³-hybridized carbons (Fsp3) is 0.400. The first-order valence-corrected chi connectivity index (χ1v) is 8.26. The van der Waals surface area contributed by atoms with Crippen LogP contribution in [0.2, 0.25) is 4.34 Å². The molecule has 2 heterocycles. The smallest absolute Gasteiger partial charge is 0.250 e. The van der Waals surface area contributed by atoms with Crippen molar-refractivity contribution >= 4 is 33.0 Å². The van der Waals surface area contributed by atoms with E-state index < -0.39 is 10.0 Å². The third-order valence-electron chi connectivity index (χ3n) is 2.43. The second-order valence-electron chi connectivity index (χ2n) is 3.94. The first-order chi connectivity index (χ1) is 8.99. The molecule has 1 N–H and O–H groups in total. The van der Waals surface area contributed by atoms with Gasteiger partial charge in [0.2, 0.25) is 10.0 Å². The number of sulfonamides is 1. The van der Waals surface area contributed by atoms with E-state index in [0.717, 1.165) is 16.9 Å². The number of nitrogens with one attached hydrogen (secondary N) is 1. The van der Waals surface area contributed by atoms with Crippen molar-refractivity contribution < 1.29 is 8.42 Å². The van der Waals surface area contributed by atoms with Crippen LogP contribution in [0, 0.1) is 6.92 Å². The lowest BCUT2D eigenvalue weighted by Crippen LogP contribution is -2.24. The Morgan fingerprint density at radius 3 is 2.89 bits per heavy atom. The van der Waals surface area contributed by atoms with Gasteiger partial charge in [0.05, 0.1) is 10.5 Å². The van der Waals surface area contributed by atoms with Crippen LogP contribution in [0.25, 0.3) is 0 Å². The zero-order chi connectivity index (χ0) is 13.9. The molecule has 19 heavy (non-hydrogen) atoms. The average molecular weight is 321 g/mol. The fourth-order valence-corrected chi connectivity index (χ4v) is 4.26. The van der Waals surface area contributed by atoms with Crippen LogP contribution < -0.4 is 4.72 Å². The number of thiophene rings is 1. The van der Waals surface area contributed by atoms with Gasteiger partial charge in [-0.2, -0.15) is 0 Å². The standard InChI is InChI=1S/C10H13ClN4O2S2/c1-8-7-9(18-10(8)11)19(16,17)13-3-2-5-15-6-4-12-14-15/h4,6-7,13H,2-3,5H2,1H3. The highest BCUT2D eigenvalue weighted by Gasteiger charge is 2.17. The third-order valence-corrected chi connectivity index (χ3v) is 5.92. The number of hydrogen-bond acceptors (Lipinski definition) is 5. The van der Waals surface area contributed by atoms with Crippen molar-refractivity contribution in [2.45, 2.75) is 24.1 Å². The van der Waals surface area contributed by atoms with Gasteiger partial charge in [0.25, 0.3) is 0 Å². The molecule has 0 radical (unpaired) electrons. The number of hydrogen-bond donors (Lipinski definition) is 1. The lowest BCUT2D eigenvalue weighted by atomic mass is 10.4. The minimum atomic E-state index is -3.46. The first kappa shape index (κ1) is 14.4. The summed E-state index contributed by atoms with van der Waals surface area (Å²) in [5.41, 5.74) is 0.773. The maximum Gasteiger partial charge on any atom is 0.250 e. The van der Waals surface area contributed by atoms with Crippen molar-refractivity contribution in [1.82, 2.24) is 19.7 Å². The molecule has 0 aliphatic carbocycles. The van der Waals surface area contributed by atoms with Gasteiger partial charge in [0.15, 0.2) is 0 Å². The summed E-state index contributed by atoms with van der Waals surface area (Å²) in [4.78, 5) is 0. The molecule has 2 rings (SSSR count). The van der Waals surface area contributed by atoms with E-state index in [-0.39, 0.29) is 4.21 Å². The minimum absolute atomic E-state index is 0.246. The summed E-state index contributed by atoms with van der Waals surface area (Å²) in [6, 6.07) is 1.58. The van der Waals surface area contributed by atoms with Crippen LogP contribution in [0.4, 0.5) is 0 Å². The molecule has 0 amide bonds. The van der Waals surface area contributed by atoms with Gasteiger partial charge in [0.1, 0.15) is 4.21 Å². The lowest BCUT2D eigenvalue weighted by molar-refractivity contribution is 0.543. The van der Waals surface area contributed by atoms with Gasteiger partial charge in [-0.05, 0) is 25.0 Å². The normalized spacial score (nSPS) is 11.9. The van der Waals surface area contributed by atoms with E-state index in [1.54, 1.807) is 30.1 Å². The highest BCUT2D eigenvalue weighted by molar-refractivity contribution is 7.91. The summed E-state index contributed by atoms with van der Waals surface area (Å²) < 4.78 is 28.9. The van der Waals surface area contributed by atoms with Gasteiger partial charge < -0.3 is 0 Å². The van der Waals surface area contributed by atoms with Crippen molar-refractivity contribution in [3.63, 3.8) is 0 Å². The van der Waals surface area contributed by atoms with Crippen molar-refractivity contribution in [2.75, 3.05) is 6.54 Å². The van der Waals surface area contributed by atoms with Gasteiger partial charge in [0, 0.05) is 19.3 Å². The van der Waals surface area contributed by atoms with E-state index in [1.165, 1.54) is 0 Å². The molecule has 0 spiro atoms. The maximum atomic E-state index is 12.0. The molecule has 104 valence electrons. The molecule has 2 aromatic rings. The molecule has 0 atom stereocenters. The molecule has 0 bridgehead atoms. The Labute approximate surface area is 120 Å². The van der Waals surface area contributed by atoms with Crippen LogP contribution in [0.5, 0.6) is 0 Å². The maximum absolute atomic E-state index is 12.0. The Balaban J connectivity index is 1.87. The van der Waals surface area contributed by atoms with Crippen molar-refractivity contribution in [3.05, 3.63) is 28.4 Å². The molecule has 9 heteroatoms. The molecule has 0 fully saturated rings. The largest absolute Gasteiger partial charge is 0.253 e. The highest BCUT2D eigenvalue weighted by atomic mass is 35.5. The molecule has 0 unspecified atom stereocenters. The fourth-order valence-electron chi connectivity index (χ4n) is 1.43. The summed E-state index contributed by atoms with van der Waals surface area (Å²) in [7, 11) is -3.46. The zero-order valence-electron chi connectivity index (χ0n) is 10.2. The van der Waals surface area contributed by atoms with Gasteiger partial charge in [-0.1, -0.05) is 16.8 Å². The van der Waals surface area contributed by atoms with Crippen LogP contribution in [0.3, 0.4) is 0 Å². The summed E-state index contributed by atoms with van der Waals surface area (Å²) >= 11 is 6.94. The molecule has 0 aliphatic rings. The number of nitrogens with zero attached hydrogens (tertiary/aromatic N) is 3. The molecule has 0 saturated carbocycles. The van der Waals surface area contributed by atoms with Gasteiger partial charge in [-0.15, -0.1) is 16.4 Å². The average Bonchev–Trinajstić information content (AvgIpc) is 2.96. The first-order valence-electron chi connectivity index (χ1n) is 5.59. The Morgan fingerprint density at radius 1 is 1.53 bits per heavy atom. The molecular weight excluding hydrogens is 308 g/mol. The Morgan fingerprint density at radius 2 is 2.32 bits per heavy atom. The molecular formula is C10H13ClN4O2S2. The lowest BCUT2D eigenvalue weighted by Gasteiger charge is -2.04. The molecule has 0 aliphatic heterocycles. The van der Waals surface area contributed by atoms with E-state index in [2.05, 4.69) is 15.0 Å². The predicted octanol–water partition coefficient (Wildman–Crippen LogP) is 1.67. The summed E-state index contributed by atoms with van der Waals surface area (Å²) in [5, 5.41) is 7.47. The van der Waals surface area contributed by atoms with E-state index in [4.69, 9.17) is 11.6 Å². The predicted molar refractivity (Wildman–Crippen MR) is 73.9 cm³/mol. The molecule has 2 aromatic heterocycles. The van der Waals surface area contributed by atoms with Gasteiger partial charge in [-0.3, -0.25) is 4.68 Å². The minimum Gasteiger partial charge on any atom is -0.253 e. The third kappa shape index (κ3) is 3.75. The SMILES string of the molecule is Cc1cc(S(=O)(=O)NCCCn2ccnn2)sc1Cl. The quantitative estimate of drug-likeness (QED) is 0.821. The van der Waals surface area contributed by atoms with Crippen molar-refractivity contribution in [2.24, 2.45) is 0 Å². The topological polar surface area (TPSA) is 76.9 Å². The Hall–Kier alpha value is -0.960. The van der Waals surface area contributed by atoms with Crippen LogP contribution in [0.1, 0.15) is 12.0 Å². The highest BCUT2D eigenvalue weighted by Crippen LogP contribution is 2.29. The number of rotatable bonds is 6.